The Hall–Kier alpha value is -1.55. The summed E-state index contributed by atoms with van der Waals surface area (Å²) in [6, 6.07) is 8.38. The van der Waals surface area contributed by atoms with Crippen LogP contribution in [-0.2, 0) is 6.42 Å². The van der Waals surface area contributed by atoms with Gasteiger partial charge >= 0.3 is 6.18 Å². The van der Waals surface area contributed by atoms with Crippen molar-refractivity contribution < 1.29 is 13.2 Å². The summed E-state index contributed by atoms with van der Waals surface area (Å²) < 4.78 is 38.0. The number of aryl methyl sites for hydroxylation is 1. The number of fused-ring (bicyclic) bond motifs is 1. The van der Waals surface area contributed by atoms with Crippen LogP contribution in [0.4, 0.5) is 13.2 Å². The lowest BCUT2D eigenvalue weighted by Crippen LogP contribution is -2.28. The smallest absolute Gasteiger partial charge is 0.316 e. The lowest BCUT2D eigenvalue weighted by Gasteiger charge is -2.18. The highest BCUT2D eigenvalue weighted by atomic mass is 19.4. The highest BCUT2D eigenvalue weighted by Gasteiger charge is 2.38. The number of hydrogen-bond donors (Lipinski definition) is 1. The van der Waals surface area contributed by atoms with Crippen LogP contribution in [0.25, 0.3) is 10.8 Å². The number of rotatable bonds is 2. The number of hydrogen-bond acceptors (Lipinski definition) is 1. The SMILES string of the molecule is CCc1ccc2c([C@H](N)C(F)(F)F)cccc2c1. The fourth-order valence-electron chi connectivity index (χ4n) is 2.03. The second-order valence-corrected chi connectivity index (χ2v) is 4.28. The molecule has 2 aromatic carbocycles. The zero-order valence-corrected chi connectivity index (χ0v) is 9.96. The van der Waals surface area contributed by atoms with Crippen LogP contribution < -0.4 is 5.73 Å². The van der Waals surface area contributed by atoms with Gasteiger partial charge in [0, 0.05) is 0 Å². The van der Waals surface area contributed by atoms with Crippen molar-refractivity contribution in [3.05, 3.63) is 47.5 Å². The van der Waals surface area contributed by atoms with Gasteiger partial charge < -0.3 is 5.73 Å². The average molecular weight is 253 g/mol. The molecular formula is C14H14F3N. The predicted molar refractivity (Wildman–Crippen MR) is 66.3 cm³/mol. The Morgan fingerprint density at radius 2 is 1.89 bits per heavy atom. The maximum Gasteiger partial charge on any atom is 0.407 e. The van der Waals surface area contributed by atoms with E-state index < -0.39 is 12.2 Å². The molecule has 1 atom stereocenters. The van der Waals surface area contributed by atoms with E-state index in [0.717, 1.165) is 17.4 Å². The van der Waals surface area contributed by atoms with Gasteiger partial charge in [-0.05, 0) is 28.3 Å². The Morgan fingerprint density at radius 1 is 1.17 bits per heavy atom. The summed E-state index contributed by atoms with van der Waals surface area (Å²) in [4.78, 5) is 0. The van der Waals surface area contributed by atoms with E-state index in [1.807, 2.05) is 19.1 Å². The van der Waals surface area contributed by atoms with Crippen molar-refractivity contribution >= 4 is 10.8 Å². The molecule has 0 saturated carbocycles. The maximum atomic E-state index is 12.7. The van der Waals surface area contributed by atoms with Gasteiger partial charge in [0.05, 0.1) is 0 Å². The van der Waals surface area contributed by atoms with Crippen LogP contribution in [0.2, 0.25) is 0 Å². The van der Waals surface area contributed by atoms with Gasteiger partial charge in [0.1, 0.15) is 6.04 Å². The molecule has 0 bridgehead atoms. The molecule has 2 N–H and O–H groups in total. The Bertz CT molecular complexity index is 560. The van der Waals surface area contributed by atoms with Crippen LogP contribution in [0.5, 0.6) is 0 Å². The molecule has 0 amide bonds. The molecule has 2 aromatic rings. The summed E-state index contributed by atoms with van der Waals surface area (Å²) >= 11 is 0. The van der Waals surface area contributed by atoms with Gasteiger partial charge in [-0.1, -0.05) is 43.3 Å². The fourth-order valence-corrected chi connectivity index (χ4v) is 2.03. The van der Waals surface area contributed by atoms with E-state index in [-0.39, 0.29) is 5.56 Å². The van der Waals surface area contributed by atoms with Crippen molar-refractivity contribution in [3.8, 4) is 0 Å². The zero-order chi connectivity index (χ0) is 13.3. The monoisotopic (exact) mass is 253 g/mol. The molecule has 0 fully saturated rings. The zero-order valence-electron chi connectivity index (χ0n) is 9.96. The lowest BCUT2D eigenvalue weighted by atomic mass is 9.97. The number of halogens is 3. The standard InChI is InChI=1S/C14H14F3N/c1-2-9-6-7-11-10(8-9)4-3-5-12(11)13(18)14(15,16)17/h3-8,13H,2,18H2,1H3/t13-/m0/s1. The van der Waals surface area contributed by atoms with Gasteiger partial charge in [0.2, 0.25) is 0 Å². The molecular weight excluding hydrogens is 239 g/mol. The highest BCUT2D eigenvalue weighted by Crippen LogP contribution is 2.34. The Balaban J connectivity index is 2.59. The average Bonchev–Trinajstić information content (AvgIpc) is 2.35. The second kappa shape index (κ2) is 4.61. The molecule has 4 heteroatoms. The third kappa shape index (κ3) is 2.34. The van der Waals surface area contributed by atoms with E-state index in [9.17, 15) is 13.2 Å². The Kier molecular flexibility index (Phi) is 3.30. The van der Waals surface area contributed by atoms with Crippen molar-refractivity contribution in [1.82, 2.24) is 0 Å². The normalized spacial score (nSPS) is 13.8. The largest absolute Gasteiger partial charge is 0.407 e. The van der Waals surface area contributed by atoms with Crippen molar-refractivity contribution in [2.24, 2.45) is 5.73 Å². The first-order chi connectivity index (χ1) is 8.43. The van der Waals surface area contributed by atoms with E-state index in [1.165, 1.54) is 6.07 Å². The summed E-state index contributed by atoms with van der Waals surface area (Å²) in [6.45, 7) is 2.01. The fraction of sp³-hybridized carbons (Fsp3) is 0.286. The van der Waals surface area contributed by atoms with Gasteiger partial charge in [0.15, 0.2) is 0 Å². The van der Waals surface area contributed by atoms with Crippen LogP contribution in [-0.4, -0.2) is 6.18 Å². The van der Waals surface area contributed by atoms with E-state index in [2.05, 4.69) is 0 Å². The van der Waals surface area contributed by atoms with Gasteiger partial charge in [-0.2, -0.15) is 13.2 Å². The molecule has 0 heterocycles. The Morgan fingerprint density at radius 3 is 2.50 bits per heavy atom. The first-order valence-electron chi connectivity index (χ1n) is 5.77. The minimum atomic E-state index is -4.42. The number of alkyl halides is 3. The van der Waals surface area contributed by atoms with Crippen LogP contribution in [0.1, 0.15) is 24.1 Å². The van der Waals surface area contributed by atoms with Crippen LogP contribution in [0, 0.1) is 0 Å². The maximum absolute atomic E-state index is 12.7. The third-order valence-electron chi connectivity index (χ3n) is 3.07. The molecule has 0 spiro atoms. The molecule has 0 aliphatic carbocycles. The van der Waals surface area contributed by atoms with Gasteiger partial charge in [-0.3, -0.25) is 0 Å². The molecule has 18 heavy (non-hydrogen) atoms. The molecule has 2 rings (SSSR count). The van der Waals surface area contributed by atoms with Gasteiger partial charge in [-0.25, -0.2) is 0 Å². The third-order valence-corrected chi connectivity index (χ3v) is 3.07. The molecule has 0 aromatic heterocycles. The molecule has 0 unspecified atom stereocenters. The summed E-state index contributed by atoms with van der Waals surface area (Å²) in [6.07, 6.45) is -3.57. The number of nitrogens with two attached hydrogens (primary N) is 1. The summed E-state index contributed by atoms with van der Waals surface area (Å²) in [7, 11) is 0. The van der Waals surface area contributed by atoms with E-state index in [4.69, 9.17) is 5.73 Å². The quantitative estimate of drug-likeness (QED) is 0.861. The minimum Gasteiger partial charge on any atom is -0.316 e. The van der Waals surface area contributed by atoms with E-state index in [0.29, 0.717) is 5.39 Å². The molecule has 0 radical (unpaired) electrons. The van der Waals surface area contributed by atoms with Crippen molar-refractivity contribution in [2.75, 3.05) is 0 Å². The van der Waals surface area contributed by atoms with Crippen LogP contribution in [0.3, 0.4) is 0 Å². The van der Waals surface area contributed by atoms with Crippen molar-refractivity contribution in [1.29, 1.82) is 0 Å². The first-order valence-corrected chi connectivity index (χ1v) is 5.77. The molecule has 1 nitrogen and oxygen atoms in total. The second-order valence-electron chi connectivity index (χ2n) is 4.28. The summed E-state index contributed by atoms with van der Waals surface area (Å²) in [5.74, 6) is 0. The number of benzene rings is 2. The van der Waals surface area contributed by atoms with Crippen LogP contribution >= 0.6 is 0 Å². The van der Waals surface area contributed by atoms with Gasteiger partial charge in [-0.15, -0.1) is 0 Å². The van der Waals surface area contributed by atoms with E-state index in [1.54, 1.807) is 18.2 Å². The molecule has 96 valence electrons. The molecule has 0 saturated heterocycles. The topological polar surface area (TPSA) is 26.0 Å². The Labute approximate surface area is 103 Å². The summed E-state index contributed by atoms with van der Waals surface area (Å²) in [5.41, 5.74) is 6.51. The van der Waals surface area contributed by atoms with Gasteiger partial charge in [0.25, 0.3) is 0 Å². The predicted octanol–water partition coefficient (Wildman–Crippen LogP) is 3.96. The van der Waals surface area contributed by atoms with E-state index >= 15 is 0 Å². The molecule has 0 aliphatic heterocycles. The minimum absolute atomic E-state index is 0.127. The molecule has 0 aliphatic rings. The lowest BCUT2D eigenvalue weighted by molar-refractivity contribution is -0.148. The van der Waals surface area contributed by atoms with Crippen molar-refractivity contribution in [3.63, 3.8) is 0 Å². The van der Waals surface area contributed by atoms with Crippen molar-refractivity contribution in [2.45, 2.75) is 25.6 Å². The first kappa shape index (κ1) is 12.9. The summed E-state index contributed by atoms with van der Waals surface area (Å²) in [5, 5.41) is 1.37. The highest BCUT2D eigenvalue weighted by molar-refractivity contribution is 5.86. The van der Waals surface area contributed by atoms with Crippen LogP contribution in [0.15, 0.2) is 36.4 Å².